The molecule has 2 fully saturated rings. The van der Waals surface area contributed by atoms with Gasteiger partial charge >= 0.3 is 0 Å². The fourth-order valence-corrected chi connectivity index (χ4v) is 3.39. The monoisotopic (exact) mass is 316 g/mol. The summed E-state index contributed by atoms with van der Waals surface area (Å²) in [7, 11) is 1.81. The van der Waals surface area contributed by atoms with E-state index in [0.717, 1.165) is 44.2 Å². The number of ether oxygens (including phenoxy) is 1. The Kier molecular flexibility index (Phi) is 4.52. The molecule has 0 aromatic heterocycles. The third-order valence-electron chi connectivity index (χ3n) is 4.82. The maximum atomic E-state index is 11.1. The molecule has 1 aromatic carbocycles. The van der Waals surface area contributed by atoms with Crippen LogP contribution in [0, 0.1) is 5.41 Å². The fourth-order valence-electron chi connectivity index (χ4n) is 3.39. The highest BCUT2D eigenvalue weighted by molar-refractivity contribution is 5.92. The van der Waals surface area contributed by atoms with Crippen LogP contribution in [0.3, 0.4) is 0 Å². The number of nitrogens with one attached hydrogen (secondary N) is 1. The molecule has 0 radical (unpaired) electrons. The first-order chi connectivity index (χ1) is 11.1. The Labute approximate surface area is 136 Å². The first-order valence-corrected chi connectivity index (χ1v) is 8.04. The van der Waals surface area contributed by atoms with Crippen LogP contribution in [-0.4, -0.2) is 50.1 Å². The Bertz CT molecular complexity index is 591. The van der Waals surface area contributed by atoms with E-state index in [0.29, 0.717) is 17.5 Å². The third-order valence-corrected chi connectivity index (χ3v) is 4.82. The second-order valence-electron chi connectivity index (χ2n) is 6.44. The molecule has 0 saturated carbocycles. The lowest BCUT2D eigenvalue weighted by atomic mass is 9.87. The van der Waals surface area contributed by atoms with Gasteiger partial charge in [0.15, 0.2) is 5.96 Å². The quantitative estimate of drug-likeness (QED) is 0.643. The molecule has 0 aliphatic carbocycles. The molecular formula is C17H24N4O2. The van der Waals surface area contributed by atoms with Crippen LogP contribution in [-0.2, 0) is 11.3 Å². The normalized spacial score (nSPS) is 24.4. The SMILES string of the molecule is CN=C(NCc1ccc(C(N)=O)cc1)N1CCC2(CCOC2)C1. The van der Waals surface area contributed by atoms with Crippen molar-refractivity contribution in [1.29, 1.82) is 0 Å². The molecule has 3 N–H and O–H groups in total. The highest BCUT2D eigenvalue weighted by Crippen LogP contribution is 2.38. The average Bonchev–Trinajstić information content (AvgIpc) is 3.19. The second-order valence-corrected chi connectivity index (χ2v) is 6.44. The van der Waals surface area contributed by atoms with E-state index in [1.807, 2.05) is 19.2 Å². The van der Waals surface area contributed by atoms with E-state index in [9.17, 15) is 4.79 Å². The minimum Gasteiger partial charge on any atom is -0.381 e. The summed E-state index contributed by atoms with van der Waals surface area (Å²) in [5, 5.41) is 3.40. The number of hydrogen-bond acceptors (Lipinski definition) is 3. The molecule has 1 amide bonds. The van der Waals surface area contributed by atoms with Crippen LogP contribution < -0.4 is 11.1 Å². The number of likely N-dealkylation sites (tertiary alicyclic amines) is 1. The van der Waals surface area contributed by atoms with Crippen molar-refractivity contribution in [1.82, 2.24) is 10.2 Å². The maximum absolute atomic E-state index is 11.1. The Morgan fingerprint density at radius 3 is 2.78 bits per heavy atom. The van der Waals surface area contributed by atoms with Crippen molar-refractivity contribution >= 4 is 11.9 Å². The molecule has 6 nitrogen and oxygen atoms in total. The lowest BCUT2D eigenvalue weighted by Crippen LogP contribution is -2.41. The number of carbonyl (C=O) groups excluding carboxylic acids is 1. The van der Waals surface area contributed by atoms with E-state index >= 15 is 0 Å². The molecular weight excluding hydrogens is 292 g/mol. The molecule has 1 unspecified atom stereocenters. The van der Waals surface area contributed by atoms with Gasteiger partial charge in [-0.1, -0.05) is 12.1 Å². The molecule has 2 heterocycles. The van der Waals surface area contributed by atoms with Gasteiger partial charge < -0.3 is 20.7 Å². The van der Waals surface area contributed by atoms with Gasteiger partial charge in [-0.15, -0.1) is 0 Å². The highest BCUT2D eigenvalue weighted by atomic mass is 16.5. The van der Waals surface area contributed by atoms with Gasteiger partial charge in [-0.2, -0.15) is 0 Å². The molecule has 2 saturated heterocycles. The van der Waals surface area contributed by atoms with E-state index < -0.39 is 5.91 Å². The van der Waals surface area contributed by atoms with Crippen LogP contribution in [0.15, 0.2) is 29.3 Å². The predicted octanol–water partition coefficient (Wildman–Crippen LogP) is 0.973. The number of nitrogens with two attached hydrogens (primary N) is 1. The predicted molar refractivity (Wildman–Crippen MR) is 89.2 cm³/mol. The molecule has 3 rings (SSSR count). The van der Waals surface area contributed by atoms with Gasteiger partial charge in [-0.3, -0.25) is 9.79 Å². The Morgan fingerprint density at radius 2 is 2.17 bits per heavy atom. The minimum absolute atomic E-state index is 0.320. The summed E-state index contributed by atoms with van der Waals surface area (Å²) in [6.45, 7) is 4.45. The van der Waals surface area contributed by atoms with Crippen LogP contribution >= 0.6 is 0 Å². The minimum atomic E-state index is -0.401. The number of primary amides is 1. The van der Waals surface area contributed by atoms with Gasteiger partial charge in [0.2, 0.25) is 5.91 Å². The largest absolute Gasteiger partial charge is 0.381 e. The topological polar surface area (TPSA) is 79.9 Å². The van der Waals surface area contributed by atoms with E-state index in [2.05, 4.69) is 15.2 Å². The van der Waals surface area contributed by atoms with Crippen molar-refractivity contribution in [2.24, 2.45) is 16.1 Å². The number of nitrogens with zero attached hydrogens (tertiary/aromatic N) is 2. The number of rotatable bonds is 3. The standard InChI is InChI=1S/C17H24N4O2/c1-19-16(21-8-6-17(11-21)7-9-23-12-17)20-10-13-2-4-14(5-3-13)15(18)22/h2-5H,6-12H2,1H3,(H2,18,22)(H,19,20). The number of aliphatic imine (C=N–C) groups is 1. The summed E-state index contributed by atoms with van der Waals surface area (Å²) in [6, 6.07) is 7.33. The summed E-state index contributed by atoms with van der Waals surface area (Å²) in [5.74, 6) is 0.522. The van der Waals surface area contributed by atoms with E-state index in [4.69, 9.17) is 10.5 Å². The Balaban J connectivity index is 1.57. The van der Waals surface area contributed by atoms with E-state index in [1.54, 1.807) is 12.1 Å². The molecule has 0 bridgehead atoms. The first kappa shape index (κ1) is 15.8. The van der Waals surface area contributed by atoms with Gasteiger partial charge in [-0.25, -0.2) is 0 Å². The van der Waals surface area contributed by atoms with Crippen LogP contribution in [0.5, 0.6) is 0 Å². The molecule has 1 atom stereocenters. The summed E-state index contributed by atoms with van der Waals surface area (Å²) in [6.07, 6.45) is 2.32. The van der Waals surface area contributed by atoms with Crippen LogP contribution in [0.2, 0.25) is 0 Å². The van der Waals surface area contributed by atoms with Crippen molar-refractivity contribution in [3.05, 3.63) is 35.4 Å². The average molecular weight is 316 g/mol. The number of amides is 1. The number of guanidine groups is 1. The zero-order chi connectivity index (χ0) is 16.3. The lowest BCUT2D eigenvalue weighted by Gasteiger charge is -2.25. The number of benzene rings is 1. The van der Waals surface area contributed by atoms with Gasteiger partial charge in [-0.05, 0) is 30.5 Å². The van der Waals surface area contributed by atoms with Crippen molar-refractivity contribution in [3.8, 4) is 0 Å². The molecule has 124 valence electrons. The van der Waals surface area contributed by atoms with Crippen LogP contribution in [0.25, 0.3) is 0 Å². The molecule has 2 aliphatic heterocycles. The zero-order valence-electron chi connectivity index (χ0n) is 13.5. The Hall–Kier alpha value is -2.08. The second kappa shape index (κ2) is 6.58. The van der Waals surface area contributed by atoms with Gasteiger partial charge in [0, 0.05) is 44.3 Å². The van der Waals surface area contributed by atoms with Gasteiger partial charge in [0.1, 0.15) is 0 Å². The molecule has 6 heteroatoms. The van der Waals surface area contributed by atoms with Gasteiger partial charge in [0.05, 0.1) is 6.61 Å². The van der Waals surface area contributed by atoms with E-state index in [1.165, 1.54) is 6.42 Å². The zero-order valence-corrected chi connectivity index (χ0v) is 13.5. The number of carbonyl (C=O) groups is 1. The maximum Gasteiger partial charge on any atom is 0.248 e. The van der Waals surface area contributed by atoms with E-state index in [-0.39, 0.29) is 0 Å². The van der Waals surface area contributed by atoms with Crippen LogP contribution in [0.1, 0.15) is 28.8 Å². The molecule has 1 spiro atoms. The summed E-state index contributed by atoms with van der Waals surface area (Å²) in [5.41, 5.74) is 7.20. The third kappa shape index (κ3) is 3.47. The lowest BCUT2D eigenvalue weighted by molar-refractivity contribution is 0.100. The smallest absolute Gasteiger partial charge is 0.248 e. The van der Waals surface area contributed by atoms with Crippen molar-refractivity contribution in [2.45, 2.75) is 19.4 Å². The highest BCUT2D eigenvalue weighted by Gasteiger charge is 2.42. The van der Waals surface area contributed by atoms with Crippen molar-refractivity contribution < 1.29 is 9.53 Å². The molecule has 1 aromatic rings. The molecule has 23 heavy (non-hydrogen) atoms. The van der Waals surface area contributed by atoms with Crippen molar-refractivity contribution in [2.75, 3.05) is 33.4 Å². The summed E-state index contributed by atoms with van der Waals surface area (Å²) >= 11 is 0. The first-order valence-electron chi connectivity index (χ1n) is 8.04. The summed E-state index contributed by atoms with van der Waals surface area (Å²) in [4.78, 5) is 17.8. The molecule has 2 aliphatic rings. The van der Waals surface area contributed by atoms with Gasteiger partial charge in [0.25, 0.3) is 0 Å². The van der Waals surface area contributed by atoms with Crippen LogP contribution in [0.4, 0.5) is 0 Å². The number of hydrogen-bond donors (Lipinski definition) is 2. The van der Waals surface area contributed by atoms with Crippen molar-refractivity contribution in [3.63, 3.8) is 0 Å². The summed E-state index contributed by atoms with van der Waals surface area (Å²) < 4.78 is 5.58. The fraction of sp³-hybridized carbons (Fsp3) is 0.529. The Morgan fingerprint density at radius 1 is 1.39 bits per heavy atom.